The number of hydrogen-bond donors (Lipinski definition) is 0. The zero-order valence-corrected chi connectivity index (χ0v) is 14.4. The molecule has 4 aromatic rings. The van der Waals surface area contributed by atoms with Crippen LogP contribution in [0.25, 0.3) is 33.8 Å². The number of aromatic nitrogens is 1. The van der Waals surface area contributed by atoms with Crippen molar-refractivity contribution in [1.29, 1.82) is 0 Å². The molecular formula is C23H20NO+. The summed E-state index contributed by atoms with van der Waals surface area (Å²) in [6, 6.07) is 23.1. The molecule has 122 valence electrons. The molecule has 1 aromatic heterocycles. The van der Waals surface area contributed by atoms with Crippen LogP contribution in [0.2, 0.25) is 0 Å². The minimum Gasteiger partial charge on any atom is -0.496 e. The Morgan fingerprint density at radius 2 is 1.36 bits per heavy atom. The van der Waals surface area contributed by atoms with Crippen molar-refractivity contribution in [3.05, 3.63) is 84.1 Å². The summed E-state index contributed by atoms with van der Waals surface area (Å²) in [4.78, 5) is 0. The zero-order chi connectivity index (χ0) is 17.2. The first-order valence-corrected chi connectivity index (χ1v) is 8.39. The summed E-state index contributed by atoms with van der Waals surface area (Å²) in [6.45, 7) is 0. The third-order valence-corrected chi connectivity index (χ3v) is 4.65. The van der Waals surface area contributed by atoms with E-state index in [1.807, 2.05) is 12.1 Å². The molecular weight excluding hydrogens is 306 g/mol. The maximum Gasteiger partial charge on any atom is 0.212 e. The molecule has 0 atom stereocenters. The maximum atomic E-state index is 5.49. The predicted molar refractivity (Wildman–Crippen MR) is 105 cm³/mol. The predicted octanol–water partition coefficient (Wildman–Crippen LogP) is 5.00. The van der Waals surface area contributed by atoms with E-state index < -0.39 is 0 Å². The van der Waals surface area contributed by atoms with Gasteiger partial charge in [0.1, 0.15) is 12.8 Å². The van der Waals surface area contributed by atoms with Gasteiger partial charge in [0.2, 0.25) is 5.52 Å². The third-order valence-electron chi connectivity index (χ3n) is 4.65. The van der Waals surface area contributed by atoms with Gasteiger partial charge in [0.15, 0.2) is 6.20 Å². The number of pyridine rings is 1. The van der Waals surface area contributed by atoms with Gasteiger partial charge in [0, 0.05) is 17.5 Å². The summed E-state index contributed by atoms with van der Waals surface area (Å²) in [5.74, 6) is 0.907. The average molecular weight is 326 g/mol. The fourth-order valence-corrected chi connectivity index (χ4v) is 3.33. The van der Waals surface area contributed by atoms with Crippen molar-refractivity contribution < 1.29 is 9.30 Å². The Hall–Kier alpha value is -3.13. The molecule has 25 heavy (non-hydrogen) atoms. The standard InChI is InChI=1S/C23H20NO/c1-24-16-15-18(20-8-5-6-10-22(20)24)12-11-17-13-14-23(25-2)21-9-4-3-7-19(17)21/h3-16H,1-2H3/q+1/b12-11+. The third kappa shape index (κ3) is 2.76. The second-order valence-electron chi connectivity index (χ2n) is 6.14. The minimum absolute atomic E-state index is 0.907. The van der Waals surface area contributed by atoms with Crippen LogP contribution in [-0.4, -0.2) is 7.11 Å². The van der Waals surface area contributed by atoms with E-state index in [1.165, 1.54) is 27.4 Å². The summed E-state index contributed by atoms with van der Waals surface area (Å²) >= 11 is 0. The Bertz CT molecular complexity index is 1100. The van der Waals surface area contributed by atoms with Gasteiger partial charge < -0.3 is 4.74 Å². The van der Waals surface area contributed by atoms with Crippen LogP contribution in [0.4, 0.5) is 0 Å². The largest absolute Gasteiger partial charge is 0.496 e. The monoisotopic (exact) mass is 326 g/mol. The second-order valence-corrected chi connectivity index (χ2v) is 6.14. The quantitative estimate of drug-likeness (QED) is 0.483. The van der Waals surface area contributed by atoms with Gasteiger partial charge in [-0.1, -0.05) is 54.6 Å². The Labute approximate surface area is 147 Å². The lowest BCUT2D eigenvalue weighted by atomic mass is 10.0. The van der Waals surface area contributed by atoms with Gasteiger partial charge in [0.25, 0.3) is 0 Å². The highest BCUT2D eigenvalue weighted by molar-refractivity contribution is 5.98. The van der Waals surface area contributed by atoms with Crippen LogP contribution in [0.15, 0.2) is 72.9 Å². The van der Waals surface area contributed by atoms with Crippen LogP contribution in [0.1, 0.15) is 11.1 Å². The van der Waals surface area contributed by atoms with Gasteiger partial charge in [-0.3, -0.25) is 0 Å². The Morgan fingerprint density at radius 1 is 0.720 bits per heavy atom. The number of aryl methyl sites for hydroxylation is 1. The van der Waals surface area contributed by atoms with E-state index in [4.69, 9.17) is 4.74 Å². The molecule has 0 radical (unpaired) electrons. The van der Waals surface area contributed by atoms with Crippen molar-refractivity contribution in [3.63, 3.8) is 0 Å². The summed E-state index contributed by atoms with van der Waals surface area (Å²) < 4.78 is 7.64. The van der Waals surface area contributed by atoms with E-state index in [0.29, 0.717) is 0 Å². The summed E-state index contributed by atoms with van der Waals surface area (Å²) in [5, 5.41) is 3.59. The highest BCUT2D eigenvalue weighted by Crippen LogP contribution is 2.29. The van der Waals surface area contributed by atoms with Gasteiger partial charge in [0.05, 0.1) is 12.5 Å². The molecule has 0 aliphatic heterocycles. The fourth-order valence-electron chi connectivity index (χ4n) is 3.33. The topological polar surface area (TPSA) is 13.1 Å². The van der Waals surface area contributed by atoms with Crippen LogP contribution >= 0.6 is 0 Å². The van der Waals surface area contributed by atoms with E-state index >= 15 is 0 Å². The molecule has 0 spiro atoms. The van der Waals surface area contributed by atoms with Crippen LogP contribution < -0.4 is 9.30 Å². The first kappa shape index (κ1) is 15.4. The number of ether oxygens (including phenoxy) is 1. The smallest absolute Gasteiger partial charge is 0.212 e. The van der Waals surface area contributed by atoms with Crippen LogP contribution in [0, 0.1) is 0 Å². The molecule has 3 aromatic carbocycles. The van der Waals surface area contributed by atoms with E-state index in [1.54, 1.807) is 7.11 Å². The molecule has 0 N–H and O–H groups in total. The summed E-state index contributed by atoms with van der Waals surface area (Å²) in [7, 11) is 3.79. The second kappa shape index (κ2) is 6.40. The van der Waals surface area contributed by atoms with Gasteiger partial charge in [-0.05, 0) is 28.6 Å². The average Bonchev–Trinajstić information content (AvgIpc) is 2.67. The van der Waals surface area contributed by atoms with Crippen molar-refractivity contribution in [2.45, 2.75) is 0 Å². The van der Waals surface area contributed by atoms with Gasteiger partial charge in [-0.15, -0.1) is 0 Å². The fraction of sp³-hybridized carbons (Fsp3) is 0.0870. The highest BCUT2D eigenvalue weighted by Gasteiger charge is 2.07. The Morgan fingerprint density at radius 3 is 2.12 bits per heavy atom. The van der Waals surface area contributed by atoms with E-state index in [9.17, 15) is 0 Å². The minimum atomic E-state index is 0.907. The highest BCUT2D eigenvalue weighted by atomic mass is 16.5. The number of fused-ring (bicyclic) bond motifs is 2. The van der Waals surface area contributed by atoms with E-state index in [-0.39, 0.29) is 0 Å². The number of para-hydroxylation sites is 1. The Kier molecular flexibility index (Phi) is 3.95. The van der Waals surface area contributed by atoms with Crippen molar-refractivity contribution in [2.24, 2.45) is 7.05 Å². The summed E-state index contributed by atoms with van der Waals surface area (Å²) in [5.41, 5.74) is 3.63. The maximum absolute atomic E-state index is 5.49. The number of benzene rings is 3. The zero-order valence-electron chi connectivity index (χ0n) is 14.4. The van der Waals surface area contributed by atoms with Crippen molar-refractivity contribution in [3.8, 4) is 5.75 Å². The van der Waals surface area contributed by atoms with Gasteiger partial charge in [-0.25, -0.2) is 4.57 Å². The molecule has 0 aliphatic carbocycles. The Balaban J connectivity index is 1.84. The molecule has 0 saturated carbocycles. The molecule has 0 saturated heterocycles. The molecule has 2 nitrogen and oxygen atoms in total. The number of rotatable bonds is 3. The molecule has 0 aliphatic rings. The van der Waals surface area contributed by atoms with Gasteiger partial charge >= 0.3 is 0 Å². The normalized spacial score (nSPS) is 11.4. The SMILES string of the molecule is COc1ccc(/C=C/c2cc[n+](C)c3ccccc23)c2ccccc12. The van der Waals surface area contributed by atoms with Crippen LogP contribution in [-0.2, 0) is 7.05 Å². The first-order chi connectivity index (χ1) is 12.3. The van der Waals surface area contributed by atoms with Crippen molar-refractivity contribution in [1.82, 2.24) is 0 Å². The van der Waals surface area contributed by atoms with E-state index in [2.05, 4.69) is 84.6 Å². The van der Waals surface area contributed by atoms with Crippen LogP contribution in [0.5, 0.6) is 5.75 Å². The van der Waals surface area contributed by atoms with Crippen molar-refractivity contribution >= 4 is 33.8 Å². The lowest BCUT2D eigenvalue weighted by molar-refractivity contribution is -0.644. The van der Waals surface area contributed by atoms with Crippen LogP contribution in [0.3, 0.4) is 0 Å². The van der Waals surface area contributed by atoms with Gasteiger partial charge in [-0.2, -0.15) is 0 Å². The molecule has 0 bridgehead atoms. The first-order valence-electron chi connectivity index (χ1n) is 8.39. The molecule has 1 heterocycles. The van der Waals surface area contributed by atoms with E-state index in [0.717, 1.165) is 11.1 Å². The molecule has 0 fully saturated rings. The number of hydrogen-bond acceptors (Lipinski definition) is 1. The lowest BCUT2D eigenvalue weighted by Crippen LogP contribution is -2.28. The molecule has 0 unspecified atom stereocenters. The number of methoxy groups -OCH3 is 1. The molecule has 4 rings (SSSR count). The lowest BCUT2D eigenvalue weighted by Gasteiger charge is -2.08. The summed E-state index contributed by atoms with van der Waals surface area (Å²) in [6.07, 6.45) is 6.48. The molecule has 0 amide bonds. The number of nitrogens with zero attached hydrogens (tertiary/aromatic N) is 1. The van der Waals surface area contributed by atoms with Crippen molar-refractivity contribution in [2.75, 3.05) is 7.11 Å². The molecule has 2 heteroatoms.